The second-order valence-electron chi connectivity index (χ2n) is 2.49. The van der Waals surface area contributed by atoms with Crippen LogP contribution in [0.25, 0.3) is 0 Å². The molecule has 0 spiro atoms. The Labute approximate surface area is 74.0 Å². The van der Waals surface area contributed by atoms with Gasteiger partial charge >= 0.3 is 5.97 Å². The van der Waals surface area contributed by atoms with Crippen LogP contribution < -0.4 is 5.56 Å². The number of aromatic carboxylic acids is 1. The third-order valence-corrected chi connectivity index (χ3v) is 1.50. The zero-order valence-electron chi connectivity index (χ0n) is 7.03. The third kappa shape index (κ3) is 2.16. The molecule has 0 fully saturated rings. The highest BCUT2D eigenvalue weighted by atomic mass is 16.5. The minimum atomic E-state index is -1.24. The molecule has 1 aromatic heterocycles. The number of pyridine rings is 1. The Morgan fingerprint density at radius 2 is 2.38 bits per heavy atom. The van der Waals surface area contributed by atoms with Crippen molar-refractivity contribution < 1.29 is 14.6 Å². The number of rotatable bonds is 3. The summed E-state index contributed by atoms with van der Waals surface area (Å²) in [5.74, 6) is -1.24. The quantitative estimate of drug-likeness (QED) is 0.702. The van der Waals surface area contributed by atoms with Crippen LogP contribution >= 0.6 is 0 Å². The van der Waals surface area contributed by atoms with Gasteiger partial charge < -0.3 is 14.8 Å². The third-order valence-electron chi connectivity index (χ3n) is 1.50. The first-order valence-corrected chi connectivity index (χ1v) is 3.59. The van der Waals surface area contributed by atoms with Gasteiger partial charge in [-0.2, -0.15) is 0 Å². The molecule has 0 bridgehead atoms. The summed E-state index contributed by atoms with van der Waals surface area (Å²) in [7, 11) is 1.49. The van der Waals surface area contributed by atoms with Crippen LogP contribution in [0.2, 0.25) is 0 Å². The van der Waals surface area contributed by atoms with Crippen LogP contribution in [-0.4, -0.2) is 23.2 Å². The van der Waals surface area contributed by atoms with Gasteiger partial charge in [0.2, 0.25) is 0 Å². The lowest BCUT2D eigenvalue weighted by Gasteiger charge is -1.99. The Kier molecular flexibility index (Phi) is 2.81. The molecule has 0 aliphatic rings. The molecule has 0 aromatic carbocycles. The van der Waals surface area contributed by atoms with Crippen molar-refractivity contribution in [3.63, 3.8) is 0 Å². The van der Waals surface area contributed by atoms with Gasteiger partial charge in [0, 0.05) is 13.3 Å². The van der Waals surface area contributed by atoms with Crippen molar-refractivity contribution in [2.75, 3.05) is 7.11 Å². The highest BCUT2D eigenvalue weighted by Crippen LogP contribution is 1.99. The van der Waals surface area contributed by atoms with Gasteiger partial charge in [0.15, 0.2) is 0 Å². The number of hydrogen-bond acceptors (Lipinski definition) is 3. The maximum atomic E-state index is 10.9. The smallest absolute Gasteiger partial charge is 0.341 e. The Hall–Kier alpha value is -1.62. The Morgan fingerprint density at radius 3 is 2.92 bits per heavy atom. The van der Waals surface area contributed by atoms with Gasteiger partial charge in [-0.05, 0) is 11.6 Å². The van der Waals surface area contributed by atoms with Crippen LogP contribution in [-0.2, 0) is 11.3 Å². The largest absolute Gasteiger partial charge is 0.477 e. The van der Waals surface area contributed by atoms with Gasteiger partial charge in [-0.1, -0.05) is 0 Å². The number of methoxy groups -OCH3 is 1. The van der Waals surface area contributed by atoms with E-state index in [-0.39, 0.29) is 12.2 Å². The van der Waals surface area contributed by atoms with E-state index in [2.05, 4.69) is 4.98 Å². The fourth-order valence-corrected chi connectivity index (χ4v) is 0.937. The van der Waals surface area contributed by atoms with E-state index in [1.807, 2.05) is 0 Å². The zero-order valence-corrected chi connectivity index (χ0v) is 7.03. The molecule has 5 heteroatoms. The molecule has 0 amide bonds. The van der Waals surface area contributed by atoms with Gasteiger partial charge in [-0.25, -0.2) is 4.79 Å². The molecule has 5 nitrogen and oxygen atoms in total. The van der Waals surface area contributed by atoms with E-state index in [1.54, 1.807) is 0 Å². The first-order valence-electron chi connectivity index (χ1n) is 3.59. The van der Waals surface area contributed by atoms with Crippen LogP contribution in [0.15, 0.2) is 17.1 Å². The molecule has 2 N–H and O–H groups in total. The lowest BCUT2D eigenvalue weighted by Crippen LogP contribution is -2.17. The van der Waals surface area contributed by atoms with Crippen LogP contribution in [0.5, 0.6) is 0 Å². The second-order valence-corrected chi connectivity index (χ2v) is 2.49. The molecule has 70 valence electrons. The van der Waals surface area contributed by atoms with Gasteiger partial charge in [0.25, 0.3) is 5.56 Å². The average molecular weight is 183 g/mol. The Morgan fingerprint density at radius 1 is 1.69 bits per heavy atom. The van der Waals surface area contributed by atoms with Crippen LogP contribution in [0.4, 0.5) is 0 Å². The monoisotopic (exact) mass is 183 g/mol. The van der Waals surface area contributed by atoms with E-state index < -0.39 is 11.5 Å². The van der Waals surface area contributed by atoms with Gasteiger partial charge in [-0.3, -0.25) is 4.79 Å². The summed E-state index contributed by atoms with van der Waals surface area (Å²) < 4.78 is 4.79. The molecule has 0 saturated carbocycles. The number of carboxylic acid groups (broad SMARTS) is 1. The standard InChI is InChI=1S/C8H9NO4/c1-13-4-5-2-6(8(11)12)7(10)9-3-5/h2-3H,4H2,1H3,(H,9,10)(H,11,12). The van der Waals surface area contributed by atoms with E-state index >= 15 is 0 Å². The van der Waals surface area contributed by atoms with E-state index in [0.29, 0.717) is 5.56 Å². The van der Waals surface area contributed by atoms with Crippen molar-refractivity contribution in [1.29, 1.82) is 0 Å². The number of H-pyrrole nitrogens is 1. The second kappa shape index (κ2) is 3.86. The highest BCUT2D eigenvalue weighted by Gasteiger charge is 2.08. The summed E-state index contributed by atoms with van der Waals surface area (Å²) in [6.45, 7) is 0.275. The van der Waals surface area contributed by atoms with Crippen LogP contribution in [0.1, 0.15) is 15.9 Å². The predicted molar refractivity (Wildman–Crippen MR) is 44.7 cm³/mol. The normalized spacial score (nSPS) is 9.92. The molecule has 1 heterocycles. The number of ether oxygens (including phenoxy) is 1. The molecule has 1 rings (SSSR count). The molecule has 0 saturated heterocycles. The van der Waals surface area contributed by atoms with E-state index in [0.717, 1.165) is 0 Å². The number of carboxylic acids is 1. The first-order chi connectivity index (χ1) is 6.15. The summed E-state index contributed by atoms with van der Waals surface area (Å²) in [4.78, 5) is 23.8. The van der Waals surface area contributed by atoms with Crippen molar-refractivity contribution in [3.05, 3.63) is 33.7 Å². The maximum Gasteiger partial charge on any atom is 0.341 e. The lowest BCUT2D eigenvalue weighted by atomic mass is 10.2. The number of hydrogen-bond donors (Lipinski definition) is 2. The lowest BCUT2D eigenvalue weighted by molar-refractivity contribution is 0.0694. The summed E-state index contributed by atoms with van der Waals surface area (Å²) >= 11 is 0. The van der Waals surface area contributed by atoms with Crippen LogP contribution in [0, 0.1) is 0 Å². The molecular weight excluding hydrogens is 174 g/mol. The van der Waals surface area contributed by atoms with Crippen molar-refractivity contribution in [2.45, 2.75) is 6.61 Å². The summed E-state index contributed by atoms with van der Waals surface area (Å²) in [6.07, 6.45) is 1.43. The van der Waals surface area contributed by atoms with Crippen molar-refractivity contribution in [3.8, 4) is 0 Å². The van der Waals surface area contributed by atoms with Crippen molar-refractivity contribution in [2.24, 2.45) is 0 Å². The first kappa shape index (κ1) is 9.47. The van der Waals surface area contributed by atoms with Gasteiger partial charge in [-0.15, -0.1) is 0 Å². The topological polar surface area (TPSA) is 79.4 Å². The minimum Gasteiger partial charge on any atom is -0.477 e. The number of aromatic nitrogens is 1. The van der Waals surface area contributed by atoms with Gasteiger partial charge in [0.05, 0.1) is 6.61 Å². The highest BCUT2D eigenvalue weighted by molar-refractivity contribution is 5.87. The molecular formula is C8H9NO4. The average Bonchev–Trinajstić information content (AvgIpc) is 2.08. The van der Waals surface area contributed by atoms with Gasteiger partial charge in [0.1, 0.15) is 5.56 Å². The Bertz CT molecular complexity index is 369. The molecule has 0 aliphatic heterocycles. The fourth-order valence-electron chi connectivity index (χ4n) is 0.937. The fraction of sp³-hybridized carbons (Fsp3) is 0.250. The number of carbonyl (C=O) groups is 1. The maximum absolute atomic E-state index is 10.9. The minimum absolute atomic E-state index is 0.269. The molecule has 13 heavy (non-hydrogen) atoms. The van der Waals surface area contributed by atoms with Crippen molar-refractivity contribution in [1.82, 2.24) is 4.98 Å². The summed E-state index contributed by atoms with van der Waals surface area (Å²) in [6, 6.07) is 1.30. The van der Waals surface area contributed by atoms with E-state index in [1.165, 1.54) is 19.4 Å². The number of aromatic amines is 1. The zero-order chi connectivity index (χ0) is 9.84. The molecule has 1 aromatic rings. The molecule has 0 atom stereocenters. The molecule has 0 unspecified atom stereocenters. The van der Waals surface area contributed by atoms with E-state index in [9.17, 15) is 9.59 Å². The predicted octanol–water partition coefficient (Wildman–Crippen LogP) is 0.220. The van der Waals surface area contributed by atoms with E-state index in [4.69, 9.17) is 9.84 Å². The summed E-state index contributed by atoms with van der Waals surface area (Å²) in [5, 5.41) is 8.60. The number of nitrogens with one attached hydrogen (secondary N) is 1. The van der Waals surface area contributed by atoms with Crippen molar-refractivity contribution >= 4 is 5.97 Å². The summed E-state index contributed by atoms with van der Waals surface area (Å²) in [5.41, 5.74) is -0.249. The van der Waals surface area contributed by atoms with Crippen LogP contribution in [0.3, 0.4) is 0 Å². The molecule has 0 radical (unpaired) electrons. The Balaban J connectivity index is 3.11. The molecule has 0 aliphatic carbocycles. The SMILES string of the molecule is COCc1c[nH]c(=O)c(C(=O)O)c1.